The third-order valence-electron chi connectivity index (χ3n) is 1.96. The molecule has 0 saturated heterocycles. The number of nitriles is 1. The Kier molecular flexibility index (Phi) is 3.55. The molecule has 0 aliphatic carbocycles. The molecule has 90 valence electrons. The van der Waals surface area contributed by atoms with Crippen molar-refractivity contribution in [3.05, 3.63) is 39.6 Å². The summed E-state index contributed by atoms with van der Waals surface area (Å²) in [5.41, 5.74) is -0.0758. The molecule has 0 radical (unpaired) electrons. The van der Waals surface area contributed by atoms with E-state index in [1.807, 2.05) is 0 Å². The van der Waals surface area contributed by atoms with Crippen LogP contribution in [0.4, 0.5) is 4.39 Å². The van der Waals surface area contributed by atoms with Crippen LogP contribution < -0.4 is 4.74 Å². The van der Waals surface area contributed by atoms with Gasteiger partial charge < -0.3 is 4.74 Å². The second-order valence-corrected chi connectivity index (χ2v) is 4.46. The lowest BCUT2D eigenvalue weighted by Crippen LogP contribution is -1.87. The van der Waals surface area contributed by atoms with Gasteiger partial charge in [-0.3, -0.25) is 4.79 Å². The maximum atomic E-state index is 13.3. The van der Waals surface area contributed by atoms with Gasteiger partial charge in [0.25, 0.3) is 5.19 Å². The first-order chi connectivity index (χ1) is 8.63. The SMILES string of the molecule is N#Cc1ccc(Oc2nc(Cl)c(C=O)s2)cc1F. The number of aldehydes is 1. The number of halogens is 2. The van der Waals surface area contributed by atoms with E-state index in [1.54, 1.807) is 6.07 Å². The van der Waals surface area contributed by atoms with E-state index in [9.17, 15) is 9.18 Å². The Morgan fingerprint density at radius 1 is 1.56 bits per heavy atom. The number of hydrogen-bond donors (Lipinski definition) is 0. The van der Waals surface area contributed by atoms with Gasteiger partial charge in [-0.25, -0.2) is 4.39 Å². The number of rotatable bonds is 3. The molecule has 1 aromatic heterocycles. The van der Waals surface area contributed by atoms with Crippen molar-refractivity contribution in [2.75, 3.05) is 0 Å². The molecule has 0 bridgehead atoms. The summed E-state index contributed by atoms with van der Waals surface area (Å²) in [5.74, 6) is -0.511. The predicted molar refractivity (Wildman–Crippen MR) is 63.7 cm³/mol. The minimum Gasteiger partial charge on any atom is -0.431 e. The van der Waals surface area contributed by atoms with E-state index in [4.69, 9.17) is 21.6 Å². The zero-order valence-corrected chi connectivity index (χ0v) is 10.3. The zero-order valence-electron chi connectivity index (χ0n) is 8.68. The summed E-state index contributed by atoms with van der Waals surface area (Å²) in [4.78, 5) is 14.6. The van der Waals surface area contributed by atoms with E-state index < -0.39 is 5.82 Å². The smallest absolute Gasteiger partial charge is 0.280 e. The number of nitrogens with zero attached hydrogens (tertiary/aromatic N) is 2. The third kappa shape index (κ3) is 2.47. The fraction of sp³-hybridized carbons (Fsp3) is 0. The highest BCUT2D eigenvalue weighted by Crippen LogP contribution is 2.31. The quantitative estimate of drug-likeness (QED) is 0.809. The summed E-state index contributed by atoms with van der Waals surface area (Å²) in [5, 5.41) is 8.74. The van der Waals surface area contributed by atoms with E-state index in [0.717, 1.165) is 17.4 Å². The highest BCUT2D eigenvalue weighted by molar-refractivity contribution is 7.15. The molecule has 0 saturated carbocycles. The van der Waals surface area contributed by atoms with Gasteiger partial charge in [-0.15, -0.1) is 0 Å². The molecule has 7 heteroatoms. The molecule has 0 atom stereocenters. The van der Waals surface area contributed by atoms with Crippen molar-refractivity contribution in [2.45, 2.75) is 0 Å². The summed E-state index contributed by atoms with van der Waals surface area (Å²) in [7, 11) is 0. The highest BCUT2D eigenvalue weighted by atomic mass is 35.5. The summed E-state index contributed by atoms with van der Waals surface area (Å²) in [6, 6.07) is 5.48. The number of hydrogen-bond acceptors (Lipinski definition) is 5. The number of carbonyl (C=O) groups excluding carboxylic acids is 1. The molecule has 1 heterocycles. The average Bonchev–Trinajstić information content (AvgIpc) is 2.69. The van der Waals surface area contributed by atoms with Crippen LogP contribution in [0.1, 0.15) is 15.2 Å². The van der Waals surface area contributed by atoms with Crippen molar-refractivity contribution in [2.24, 2.45) is 0 Å². The normalized spacial score (nSPS) is 9.83. The van der Waals surface area contributed by atoms with Crippen LogP contribution in [0.2, 0.25) is 5.15 Å². The van der Waals surface area contributed by atoms with Gasteiger partial charge in [0.05, 0.1) is 5.56 Å². The van der Waals surface area contributed by atoms with Crippen LogP contribution in [0.3, 0.4) is 0 Å². The lowest BCUT2D eigenvalue weighted by atomic mass is 10.2. The number of aromatic nitrogens is 1. The molecule has 1 aromatic carbocycles. The van der Waals surface area contributed by atoms with Crippen LogP contribution in [-0.2, 0) is 0 Å². The van der Waals surface area contributed by atoms with Gasteiger partial charge in [0.2, 0.25) is 0 Å². The van der Waals surface area contributed by atoms with Crippen molar-refractivity contribution < 1.29 is 13.9 Å². The minimum absolute atomic E-state index is 0.0408. The summed E-state index contributed by atoms with van der Waals surface area (Å²) in [6.07, 6.45) is 0.562. The Bertz CT molecular complexity index is 651. The van der Waals surface area contributed by atoms with Crippen molar-refractivity contribution in [3.8, 4) is 17.0 Å². The molecule has 0 N–H and O–H groups in total. The van der Waals surface area contributed by atoms with E-state index in [0.29, 0.717) is 6.29 Å². The second kappa shape index (κ2) is 5.12. The molecule has 2 aromatic rings. The minimum atomic E-state index is -0.687. The first-order valence-corrected chi connectivity index (χ1v) is 5.82. The Balaban J connectivity index is 2.26. The third-order valence-corrected chi connectivity index (χ3v) is 3.22. The van der Waals surface area contributed by atoms with E-state index in [2.05, 4.69) is 4.98 Å². The molecule has 18 heavy (non-hydrogen) atoms. The maximum Gasteiger partial charge on any atom is 0.280 e. The molecule has 0 unspecified atom stereocenters. The fourth-order valence-corrected chi connectivity index (χ4v) is 2.09. The van der Waals surface area contributed by atoms with Crippen LogP contribution >= 0.6 is 22.9 Å². The monoisotopic (exact) mass is 282 g/mol. The molecule has 0 spiro atoms. The maximum absolute atomic E-state index is 13.3. The average molecular weight is 283 g/mol. The van der Waals surface area contributed by atoms with E-state index in [1.165, 1.54) is 12.1 Å². The Labute approximate surface area is 110 Å². The Hall–Kier alpha value is -1.97. The van der Waals surface area contributed by atoms with Gasteiger partial charge in [-0.2, -0.15) is 10.2 Å². The Morgan fingerprint density at radius 2 is 2.33 bits per heavy atom. The van der Waals surface area contributed by atoms with Crippen LogP contribution in [-0.4, -0.2) is 11.3 Å². The van der Waals surface area contributed by atoms with E-state index in [-0.39, 0.29) is 26.5 Å². The molecule has 4 nitrogen and oxygen atoms in total. The molecule has 0 amide bonds. The number of thiazole rings is 1. The number of benzene rings is 1. The van der Waals surface area contributed by atoms with Crippen LogP contribution in [0.25, 0.3) is 0 Å². The standard InChI is InChI=1S/C11H4ClFN2O2S/c12-10-9(5-16)18-11(15-10)17-7-2-1-6(4-14)8(13)3-7/h1-3,5H. The van der Waals surface area contributed by atoms with Crippen LogP contribution in [0.15, 0.2) is 18.2 Å². The van der Waals surface area contributed by atoms with Crippen LogP contribution in [0.5, 0.6) is 10.9 Å². The van der Waals surface area contributed by atoms with Crippen LogP contribution in [0, 0.1) is 17.1 Å². The van der Waals surface area contributed by atoms with Gasteiger partial charge in [0.1, 0.15) is 22.5 Å². The predicted octanol–water partition coefficient (Wildman–Crippen LogP) is 3.41. The number of carbonyl (C=O) groups is 1. The molecule has 0 fully saturated rings. The van der Waals surface area contributed by atoms with Crippen molar-refractivity contribution >= 4 is 29.2 Å². The van der Waals surface area contributed by atoms with Crippen molar-refractivity contribution in [1.82, 2.24) is 4.98 Å². The highest BCUT2D eigenvalue weighted by Gasteiger charge is 2.11. The van der Waals surface area contributed by atoms with Crippen molar-refractivity contribution in [3.63, 3.8) is 0 Å². The lowest BCUT2D eigenvalue weighted by Gasteiger charge is -2.01. The first kappa shape index (κ1) is 12.5. The van der Waals surface area contributed by atoms with Gasteiger partial charge in [0.15, 0.2) is 11.4 Å². The molecule has 2 rings (SSSR count). The summed E-state index contributed by atoms with van der Waals surface area (Å²) >= 11 is 6.61. The largest absolute Gasteiger partial charge is 0.431 e. The molecular formula is C11H4ClFN2O2S. The van der Waals surface area contributed by atoms with Crippen molar-refractivity contribution in [1.29, 1.82) is 5.26 Å². The molecule has 0 aliphatic rings. The Morgan fingerprint density at radius 3 is 2.89 bits per heavy atom. The van der Waals surface area contributed by atoms with Gasteiger partial charge in [-0.05, 0) is 12.1 Å². The second-order valence-electron chi connectivity index (χ2n) is 3.11. The van der Waals surface area contributed by atoms with E-state index >= 15 is 0 Å². The summed E-state index contributed by atoms with van der Waals surface area (Å²) in [6.45, 7) is 0. The fourth-order valence-electron chi connectivity index (χ4n) is 1.16. The van der Waals surface area contributed by atoms with Gasteiger partial charge >= 0.3 is 0 Å². The molecule has 0 aliphatic heterocycles. The summed E-state index contributed by atoms with van der Waals surface area (Å²) < 4.78 is 18.5. The molecular weight excluding hydrogens is 279 g/mol. The van der Waals surface area contributed by atoms with Gasteiger partial charge in [0, 0.05) is 6.07 Å². The topological polar surface area (TPSA) is 63.0 Å². The lowest BCUT2D eigenvalue weighted by molar-refractivity contribution is 0.112. The number of ether oxygens (including phenoxy) is 1. The van der Waals surface area contributed by atoms with Gasteiger partial charge in [-0.1, -0.05) is 22.9 Å². The zero-order chi connectivity index (χ0) is 13.1. The first-order valence-electron chi connectivity index (χ1n) is 4.63.